The first-order valence-electron chi connectivity index (χ1n) is 7.51. The molecule has 3 N–H and O–H groups in total. The van der Waals surface area contributed by atoms with Crippen molar-refractivity contribution in [3.63, 3.8) is 0 Å². The molecular weight excluding hydrogens is 302 g/mol. The molecule has 2 amide bonds. The molecule has 0 unspecified atom stereocenters. The Hall–Kier alpha value is -1.75. The minimum absolute atomic E-state index is 0. The molecule has 0 spiro atoms. The Kier molecular flexibility index (Phi) is 7.18. The number of fused-ring (bicyclic) bond motifs is 1. The van der Waals surface area contributed by atoms with Gasteiger partial charge in [0.05, 0.1) is 0 Å². The van der Waals surface area contributed by atoms with Crippen LogP contribution in [0.15, 0.2) is 18.2 Å². The van der Waals surface area contributed by atoms with Crippen LogP contribution in [0, 0.1) is 0 Å². The van der Waals surface area contributed by atoms with Crippen molar-refractivity contribution in [1.29, 1.82) is 0 Å². The van der Waals surface area contributed by atoms with Crippen molar-refractivity contribution in [1.82, 2.24) is 10.6 Å². The first-order valence-corrected chi connectivity index (χ1v) is 7.51. The lowest BCUT2D eigenvalue weighted by atomic mass is 9.97. The maximum atomic E-state index is 12.2. The van der Waals surface area contributed by atoms with Gasteiger partial charge in [0.1, 0.15) is 0 Å². The second kappa shape index (κ2) is 8.63. The fourth-order valence-corrected chi connectivity index (χ4v) is 2.50. The van der Waals surface area contributed by atoms with Gasteiger partial charge in [-0.2, -0.15) is 0 Å². The summed E-state index contributed by atoms with van der Waals surface area (Å²) in [5.74, 6) is -0.144. The van der Waals surface area contributed by atoms with Crippen LogP contribution in [0.1, 0.15) is 42.6 Å². The van der Waals surface area contributed by atoms with E-state index in [1.807, 2.05) is 32.0 Å². The van der Waals surface area contributed by atoms with Crippen molar-refractivity contribution in [3.05, 3.63) is 29.3 Å². The smallest absolute Gasteiger partial charge is 0.251 e. The van der Waals surface area contributed by atoms with E-state index in [1.165, 1.54) is 0 Å². The highest BCUT2D eigenvalue weighted by atomic mass is 35.5. The number of carbonyl (C=O) groups is 2. The molecule has 0 radical (unpaired) electrons. The molecule has 0 aromatic heterocycles. The third-order valence-corrected chi connectivity index (χ3v) is 3.43. The zero-order valence-corrected chi connectivity index (χ0v) is 13.9. The number of nitrogens with one attached hydrogen (secondary N) is 3. The van der Waals surface area contributed by atoms with Crippen LogP contribution in [0.3, 0.4) is 0 Å². The molecule has 0 saturated heterocycles. The summed E-state index contributed by atoms with van der Waals surface area (Å²) in [6, 6.07) is 5.86. The van der Waals surface area contributed by atoms with E-state index in [-0.39, 0.29) is 30.3 Å². The molecule has 2 rings (SSSR count). The Labute approximate surface area is 137 Å². The van der Waals surface area contributed by atoms with Gasteiger partial charge in [0.25, 0.3) is 5.91 Å². The Bertz CT molecular complexity index is 532. The normalized spacial score (nSPS) is 12.7. The molecule has 122 valence electrons. The van der Waals surface area contributed by atoms with Gasteiger partial charge in [-0.25, -0.2) is 0 Å². The lowest BCUT2D eigenvalue weighted by Crippen LogP contribution is -2.34. The van der Waals surface area contributed by atoms with Crippen molar-refractivity contribution in [2.45, 2.75) is 39.2 Å². The Morgan fingerprint density at radius 1 is 1.32 bits per heavy atom. The van der Waals surface area contributed by atoms with E-state index in [9.17, 15) is 9.59 Å². The van der Waals surface area contributed by atoms with Gasteiger partial charge < -0.3 is 16.0 Å². The van der Waals surface area contributed by atoms with Gasteiger partial charge in [-0.1, -0.05) is 6.07 Å². The van der Waals surface area contributed by atoms with E-state index in [1.54, 1.807) is 0 Å². The Balaban J connectivity index is 0.00000242. The Morgan fingerprint density at radius 3 is 2.82 bits per heavy atom. The lowest BCUT2D eigenvalue weighted by Gasteiger charge is -2.20. The molecule has 1 aromatic rings. The summed E-state index contributed by atoms with van der Waals surface area (Å²) in [5.41, 5.74) is 2.84. The summed E-state index contributed by atoms with van der Waals surface area (Å²) in [6.07, 6.45) is 2.26. The maximum absolute atomic E-state index is 12.2. The third kappa shape index (κ3) is 4.91. The van der Waals surface area contributed by atoms with Crippen LogP contribution >= 0.6 is 12.4 Å². The monoisotopic (exact) mass is 325 g/mol. The number of anilines is 1. The van der Waals surface area contributed by atoms with Crippen molar-refractivity contribution in [2.24, 2.45) is 0 Å². The largest absolute Gasteiger partial charge is 0.385 e. The topological polar surface area (TPSA) is 70.2 Å². The third-order valence-electron chi connectivity index (χ3n) is 3.43. The first kappa shape index (κ1) is 18.3. The molecule has 22 heavy (non-hydrogen) atoms. The second-order valence-corrected chi connectivity index (χ2v) is 5.59. The maximum Gasteiger partial charge on any atom is 0.251 e. The minimum Gasteiger partial charge on any atom is -0.385 e. The Morgan fingerprint density at radius 2 is 2.09 bits per heavy atom. The molecule has 1 aliphatic rings. The number of halogens is 1. The number of hydrogen-bond donors (Lipinski definition) is 3. The summed E-state index contributed by atoms with van der Waals surface area (Å²) in [5, 5.41) is 8.94. The molecule has 1 heterocycles. The fraction of sp³-hybridized carbons (Fsp3) is 0.500. The SMILES string of the molecule is CC(C)NC(=O)CCNC(=O)c1cccc2c1CCCN2.Cl. The summed E-state index contributed by atoms with van der Waals surface area (Å²) in [7, 11) is 0. The van der Waals surface area contributed by atoms with Crippen molar-refractivity contribution >= 4 is 29.9 Å². The van der Waals surface area contributed by atoms with E-state index in [0.717, 1.165) is 30.6 Å². The number of hydrogen-bond acceptors (Lipinski definition) is 3. The second-order valence-electron chi connectivity index (χ2n) is 5.59. The van der Waals surface area contributed by atoms with Crippen LogP contribution in [-0.4, -0.2) is 30.9 Å². The van der Waals surface area contributed by atoms with Crippen LogP contribution in [-0.2, 0) is 11.2 Å². The average Bonchev–Trinajstić information content (AvgIpc) is 2.45. The van der Waals surface area contributed by atoms with E-state index in [2.05, 4.69) is 16.0 Å². The zero-order chi connectivity index (χ0) is 15.2. The van der Waals surface area contributed by atoms with Crippen LogP contribution in [0.2, 0.25) is 0 Å². The molecule has 0 atom stereocenters. The molecule has 0 saturated carbocycles. The molecule has 1 aliphatic heterocycles. The van der Waals surface area contributed by atoms with Crippen LogP contribution in [0.5, 0.6) is 0 Å². The first-order chi connectivity index (χ1) is 10.1. The summed E-state index contributed by atoms with van der Waals surface area (Å²) in [4.78, 5) is 23.8. The van der Waals surface area contributed by atoms with E-state index in [0.29, 0.717) is 18.5 Å². The summed E-state index contributed by atoms with van der Waals surface area (Å²) >= 11 is 0. The predicted molar refractivity (Wildman–Crippen MR) is 90.7 cm³/mol. The van der Waals surface area contributed by atoms with E-state index < -0.39 is 0 Å². The van der Waals surface area contributed by atoms with Crippen LogP contribution in [0.4, 0.5) is 5.69 Å². The van der Waals surface area contributed by atoms with Crippen LogP contribution in [0.25, 0.3) is 0 Å². The van der Waals surface area contributed by atoms with Gasteiger partial charge in [0.15, 0.2) is 0 Å². The van der Waals surface area contributed by atoms with Gasteiger partial charge in [0.2, 0.25) is 5.91 Å². The highest BCUT2D eigenvalue weighted by molar-refractivity contribution is 5.97. The van der Waals surface area contributed by atoms with Gasteiger partial charge >= 0.3 is 0 Å². The predicted octanol–water partition coefficient (Wildman–Crippen LogP) is 2.11. The van der Waals surface area contributed by atoms with Gasteiger partial charge in [0, 0.05) is 36.8 Å². The molecule has 0 bridgehead atoms. The molecule has 0 aliphatic carbocycles. The highest BCUT2D eigenvalue weighted by Gasteiger charge is 2.17. The lowest BCUT2D eigenvalue weighted by molar-refractivity contribution is -0.121. The van der Waals surface area contributed by atoms with Gasteiger partial charge in [-0.15, -0.1) is 12.4 Å². The fourth-order valence-electron chi connectivity index (χ4n) is 2.50. The standard InChI is InChI=1S/C16H23N3O2.ClH/c1-11(2)19-15(20)8-10-18-16(21)13-5-3-7-14-12(13)6-4-9-17-14;/h3,5,7,11,17H,4,6,8-10H2,1-2H3,(H,18,21)(H,19,20);1H. The number of amides is 2. The summed E-state index contributed by atoms with van der Waals surface area (Å²) < 4.78 is 0. The molecular formula is C16H24ClN3O2. The van der Waals surface area contributed by atoms with Crippen molar-refractivity contribution in [3.8, 4) is 0 Å². The van der Waals surface area contributed by atoms with Crippen molar-refractivity contribution < 1.29 is 9.59 Å². The molecule has 5 nitrogen and oxygen atoms in total. The van der Waals surface area contributed by atoms with Gasteiger partial charge in [-0.05, 0) is 44.4 Å². The zero-order valence-electron chi connectivity index (χ0n) is 13.1. The highest BCUT2D eigenvalue weighted by Crippen LogP contribution is 2.25. The number of benzene rings is 1. The van der Waals surface area contributed by atoms with Crippen molar-refractivity contribution in [2.75, 3.05) is 18.4 Å². The number of carbonyl (C=O) groups excluding carboxylic acids is 2. The van der Waals surface area contributed by atoms with Crippen LogP contribution < -0.4 is 16.0 Å². The minimum atomic E-state index is -0.104. The molecule has 1 aromatic carbocycles. The average molecular weight is 326 g/mol. The molecule has 6 heteroatoms. The van der Waals surface area contributed by atoms with E-state index in [4.69, 9.17) is 0 Å². The number of rotatable bonds is 5. The van der Waals surface area contributed by atoms with E-state index >= 15 is 0 Å². The van der Waals surface area contributed by atoms with Gasteiger partial charge in [-0.3, -0.25) is 9.59 Å². The quantitative estimate of drug-likeness (QED) is 0.776. The molecule has 0 fully saturated rings. The summed E-state index contributed by atoms with van der Waals surface area (Å²) in [6.45, 7) is 5.14.